The highest BCUT2D eigenvalue weighted by molar-refractivity contribution is 5.27. The lowest BCUT2D eigenvalue weighted by Gasteiger charge is -2.16. The Bertz CT molecular complexity index is 499. The molecule has 0 saturated carbocycles. The molecule has 0 aliphatic heterocycles. The molecule has 0 saturated heterocycles. The van der Waals surface area contributed by atoms with Crippen LogP contribution in [-0.2, 0) is 6.42 Å². The van der Waals surface area contributed by atoms with E-state index >= 15 is 0 Å². The van der Waals surface area contributed by atoms with E-state index in [9.17, 15) is 0 Å². The van der Waals surface area contributed by atoms with Gasteiger partial charge in [0, 0.05) is 0 Å². The maximum atomic E-state index is 5.97. The normalized spacial score (nSPS) is 12.6. The predicted octanol–water partition coefficient (Wildman–Crippen LogP) is 4.49. The van der Waals surface area contributed by atoms with Gasteiger partial charge in [-0.3, -0.25) is 0 Å². The lowest BCUT2D eigenvalue weighted by molar-refractivity contribution is 0.633. The minimum Gasteiger partial charge on any atom is -0.330 e. The van der Waals surface area contributed by atoms with Crippen LogP contribution in [0.15, 0.2) is 54.6 Å². The molecule has 2 aromatic carbocycles. The summed E-state index contributed by atoms with van der Waals surface area (Å²) in [4.78, 5) is 0. The fourth-order valence-corrected chi connectivity index (χ4v) is 2.56. The summed E-state index contributed by atoms with van der Waals surface area (Å²) in [5.74, 6) is 1.04. The fourth-order valence-electron chi connectivity index (χ4n) is 2.56. The molecular formula is C19H25N. The molecule has 1 heteroatoms. The van der Waals surface area contributed by atoms with Crippen LogP contribution in [0, 0.1) is 0 Å². The van der Waals surface area contributed by atoms with Crippen LogP contribution in [0.5, 0.6) is 0 Å². The molecule has 1 nitrogen and oxygen atoms in total. The fraction of sp³-hybridized carbons (Fsp3) is 0.368. The summed E-state index contributed by atoms with van der Waals surface area (Å²) < 4.78 is 0. The summed E-state index contributed by atoms with van der Waals surface area (Å²) in [6, 6.07) is 19.6. The zero-order valence-electron chi connectivity index (χ0n) is 12.5. The van der Waals surface area contributed by atoms with Gasteiger partial charge in [0.2, 0.25) is 0 Å². The van der Waals surface area contributed by atoms with Gasteiger partial charge in [0.05, 0.1) is 0 Å². The molecular weight excluding hydrogens is 242 g/mol. The number of hydrogen-bond acceptors (Lipinski definition) is 1. The molecule has 0 bridgehead atoms. The van der Waals surface area contributed by atoms with E-state index in [0.717, 1.165) is 12.8 Å². The van der Waals surface area contributed by atoms with E-state index in [1.54, 1.807) is 0 Å². The van der Waals surface area contributed by atoms with Crippen molar-refractivity contribution in [2.45, 2.75) is 38.5 Å². The van der Waals surface area contributed by atoms with E-state index in [1.165, 1.54) is 16.7 Å². The average Bonchev–Trinajstić information content (AvgIpc) is 2.49. The molecule has 1 unspecified atom stereocenters. The second-order valence-electron chi connectivity index (χ2n) is 5.78. The maximum Gasteiger partial charge on any atom is -0.000812 e. The van der Waals surface area contributed by atoms with Gasteiger partial charge in [0.1, 0.15) is 0 Å². The van der Waals surface area contributed by atoms with E-state index < -0.39 is 0 Å². The summed E-state index contributed by atoms with van der Waals surface area (Å²) in [7, 11) is 0. The van der Waals surface area contributed by atoms with Crippen molar-refractivity contribution in [3.8, 4) is 0 Å². The van der Waals surface area contributed by atoms with Gasteiger partial charge in [-0.2, -0.15) is 0 Å². The van der Waals surface area contributed by atoms with E-state index in [4.69, 9.17) is 5.73 Å². The number of nitrogens with two attached hydrogens (primary N) is 1. The zero-order chi connectivity index (χ0) is 14.4. The first-order chi connectivity index (χ1) is 9.70. The Morgan fingerprint density at radius 1 is 0.850 bits per heavy atom. The first kappa shape index (κ1) is 14.8. The third-order valence-electron chi connectivity index (χ3n) is 3.98. The predicted molar refractivity (Wildman–Crippen MR) is 87.1 cm³/mol. The highest BCUT2D eigenvalue weighted by atomic mass is 14.5. The van der Waals surface area contributed by atoms with Crippen molar-refractivity contribution in [3.63, 3.8) is 0 Å². The minimum absolute atomic E-state index is 0.455. The highest BCUT2D eigenvalue weighted by Crippen LogP contribution is 2.23. The molecule has 0 aliphatic carbocycles. The monoisotopic (exact) mass is 267 g/mol. The van der Waals surface area contributed by atoms with Gasteiger partial charge in [-0.05, 0) is 47.9 Å². The molecule has 0 heterocycles. The summed E-state index contributed by atoms with van der Waals surface area (Å²) in [5.41, 5.74) is 10.1. The van der Waals surface area contributed by atoms with Crippen LogP contribution in [0.1, 0.15) is 48.8 Å². The van der Waals surface area contributed by atoms with Gasteiger partial charge in [-0.25, -0.2) is 0 Å². The first-order valence-electron chi connectivity index (χ1n) is 7.54. The third-order valence-corrected chi connectivity index (χ3v) is 3.98. The summed E-state index contributed by atoms with van der Waals surface area (Å²) in [5, 5.41) is 0. The van der Waals surface area contributed by atoms with Crippen molar-refractivity contribution in [2.24, 2.45) is 5.73 Å². The Kier molecular flexibility index (Phi) is 5.37. The second-order valence-corrected chi connectivity index (χ2v) is 5.78. The Labute approximate surface area is 122 Å². The smallest absolute Gasteiger partial charge is 0.000812 e. The van der Waals surface area contributed by atoms with E-state index in [-0.39, 0.29) is 0 Å². The minimum atomic E-state index is 0.455. The average molecular weight is 267 g/mol. The van der Waals surface area contributed by atoms with Gasteiger partial charge in [0.15, 0.2) is 0 Å². The van der Waals surface area contributed by atoms with Crippen molar-refractivity contribution in [1.29, 1.82) is 0 Å². The molecule has 0 spiro atoms. The van der Waals surface area contributed by atoms with Crippen LogP contribution < -0.4 is 5.73 Å². The van der Waals surface area contributed by atoms with Crippen molar-refractivity contribution >= 4 is 0 Å². The van der Waals surface area contributed by atoms with Crippen LogP contribution in [0.4, 0.5) is 0 Å². The molecule has 2 rings (SSSR count). The van der Waals surface area contributed by atoms with E-state index in [2.05, 4.69) is 68.4 Å². The maximum absolute atomic E-state index is 5.97. The van der Waals surface area contributed by atoms with Crippen LogP contribution in [0.3, 0.4) is 0 Å². The zero-order valence-corrected chi connectivity index (χ0v) is 12.5. The lowest BCUT2D eigenvalue weighted by Crippen LogP contribution is -2.13. The van der Waals surface area contributed by atoms with Gasteiger partial charge < -0.3 is 5.73 Å². The number of rotatable bonds is 6. The molecule has 2 N–H and O–H groups in total. The highest BCUT2D eigenvalue weighted by Gasteiger charge is 2.10. The lowest BCUT2D eigenvalue weighted by atomic mass is 9.90. The van der Waals surface area contributed by atoms with Crippen LogP contribution >= 0.6 is 0 Å². The van der Waals surface area contributed by atoms with Gasteiger partial charge >= 0.3 is 0 Å². The van der Waals surface area contributed by atoms with Gasteiger partial charge in [-0.1, -0.05) is 68.4 Å². The van der Waals surface area contributed by atoms with Gasteiger partial charge in [0.25, 0.3) is 0 Å². The molecule has 0 aliphatic rings. The second kappa shape index (κ2) is 7.25. The first-order valence-corrected chi connectivity index (χ1v) is 7.54. The van der Waals surface area contributed by atoms with Crippen molar-refractivity contribution in [1.82, 2.24) is 0 Å². The molecule has 0 fully saturated rings. The van der Waals surface area contributed by atoms with E-state index in [1.807, 2.05) is 0 Å². The molecule has 0 amide bonds. The summed E-state index contributed by atoms with van der Waals surface area (Å²) in [6.07, 6.45) is 2.20. The molecule has 2 aromatic rings. The SMILES string of the molecule is CC(C)c1ccc(C(CN)CCc2ccccc2)cc1. The van der Waals surface area contributed by atoms with Crippen molar-refractivity contribution in [2.75, 3.05) is 6.54 Å². The van der Waals surface area contributed by atoms with Crippen molar-refractivity contribution < 1.29 is 0 Å². The molecule has 0 aromatic heterocycles. The largest absolute Gasteiger partial charge is 0.330 e. The quantitative estimate of drug-likeness (QED) is 0.820. The van der Waals surface area contributed by atoms with E-state index in [0.29, 0.717) is 18.4 Å². The molecule has 106 valence electrons. The Morgan fingerprint density at radius 3 is 2.00 bits per heavy atom. The standard InChI is InChI=1S/C19H25N/c1-15(2)17-10-12-18(13-11-17)19(14-20)9-8-16-6-4-3-5-7-16/h3-7,10-13,15,19H,8-9,14,20H2,1-2H3. The third kappa shape index (κ3) is 3.94. The molecule has 1 atom stereocenters. The summed E-state index contributed by atoms with van der Waals surface area (Å²) in [6.45, 7) is 5.17. The van der Waals surface area contributed by atoms with Crippen LogP contribution in [0.2, 0.25) is 0 Å². The van der Waals surface area contributed by atoms with Gasteiger partial charge in [-0.15, -0.1) is 0 Å². The Hall–Kier alpha value is -1.60. The number of aryl methyl sites for hydroxylation is 1. The number of benzene rings is 2. The van der Waals surface area contributed by atoms with Crippen molar-refractivity contribution in [3.05, 3.63) is 71.3 Å². The molecule has 0 radical (unpaired) electrons. The Balaban J connectivity index is 2.01. The summed E-state index contributed by atoms with van der Waals surface area (Å²) >= 11 is 0. The number of hydrogen-bond donors (Lipinski definition) is 1. The topological polar surface area (TPSA) is 26.0 Å². The van der Waals surface area contributed by atoms with Crippen LogP contribution in [-0.4, -0.2) is 6.54 Å². The Morgan fingerprint density at radius 2 is 1.45 bits per heavy atom. The molecule has 20 heavy (non-hydrogen) atoms. The van der Waals surface area contributed by atoms with Crippen LogP contribution in [0.25, 0.3) is 0 Å².